The van der Waals surface area contributed by atoms with Crippen LogP contribution in [0, 0.1) is 5.92 Å². The van der Waals surface area contributed by atoms with Gasteiger partial charge in [-0.15, -0.1) is 0 Å². The average molecular weight is 359 g/mol. The summed E-state index contributed by atoms with van der Waals surface area (Å²) >= 11 is 0. The first-order valence-corrected chi connectivity index (χ1v) is 10.3. The molecule has 0 amide bonds. The van der Waals surface area contributed by atoms with E-state index in [0.29, 0.717) is 13.0 Å². The monoisotopic (exact) mass is 359 g/mol. The summed E-state index contributed by atoms with van der Waals surface area (Å²) in [5.41, 5.74) is -0.819. The van der Waals surface area contributed by atoms with Gasteiger partial charge in [0.05, 0.1) is 18.2 Å². The van der Waals surface area contributed by atoms with E-state index < -0.39 is 33.2 Å². The summed E-state index contributed by atoms with van der Waals surface area (Å²) in [5, 5.41) is -0.630. The molecule has 24 heavy (non-hydrogen) atoms. The van der Waals surface area contributed by atoms with Crippen LogP contribution in [0.5, 0.6) is 0 Å². The number of rotatable bonds is 3. The maximum absolute atomic E-state index is 12.3. The van der Waals surface area contributed by atoms with Gasteiger partial charge in [-0.2, -0.15) is 8.42 Å². The number of hydrogen-bond donors (Lipinski definition) is 0. The number of piperidine rings is 1. The highest BCUT2D eigenvalue weighted by Crippen LogP contribution is 2.54. The molecule has 7 nitrogen and oxygen atoms in total. The Hall–Kier alpha value is -0.700. The van der Waals surface area contributed by atoms with Crippen molar-refractivity contribution in [2.75, 3.05) is 19.6 Å². The fourth-order valence-electron chi connectivity index (χ4n) is 4.84. The molecule has 0 aromatic carbocycles. The van der Waals surface area contributed by atoms with Crippen LogP contribution in [0.3, 0.4) is 0 Å². The number of hydrogen-bond acceptors (Lipinski definition) is 7. The Bertz CT molecular complexity index is 626. The minimum absolute atomic E-state index is 0.242. The van der Waals surface area contributed by atoms with Gasteiger partial charge in [0.1, 0.15) is 17.5 Å². The van der Waals surface area contributed by atoms with Crippen LogP contribution >= 0.6 is 0 Å². The Labute approximate surface area is 142 Å². The molecule has 0 aromatic heterocycles. The first-order chi connectivity index (χ1) is 11.3. The Morgan fingerprint density at radius 1 is 1.25 bits per heavy atom. The zero-order chi connectivity index (χ0) is 17.1. The number of fused-ring (bicyclic) bond motifs is 5. The van der Waals surface area contributed by atoms with Crippen LogP contribution in [0.25, 0.3) is 0 Å². The predicted octanol–water partition coefficient (Wildman–Crippen LogP) is 0.679. The molecular formula is C16H25NO6S. The number of likely N-dealkylation sites (tertiary alicyclic amines) is 1. The highest BCUT2D eigenvalue weighted by molar-refractivity contribution is 7.87. The van der Waals surface area contributed by atoms with Crippen molar-refractivity contribution in [3.63, 3.8) is 0 Å². The van der Waals surface area contributed by atoms with E-state index >= 15 is 0 Å². The van der Waals surface area contributed by atoms with Gasteiger partial charge in [0.25, 0.3) is 10.1 Å². The summed E-state index contributed by atoms with van der Waals surface area (Å²) in [6.45, 7) is 5.72. The lowest BCUT2D eigenvalue weighted by atomic mass is 9.77. The Kier molecular flexibility index (Phi) is 3.95. The van der Waals surface area contributed by atoms with E-state index in [-0.39, 0.29) is 18.0 Å². The summed E-state index contributed by atoms with van der Waals surface area (Å²) in [5.74, 6) is -0.525. The lowest BCUT2D eigenvalue weighted by Gasteiger charge is -2.32. The van der Waals surface area contributed by atoms with Crippen LogP contribution in [0.2, 0.25) is 0 Å². The molecule has 4 aliphatic rings. The molecule has 4 aliphatic heterocycles. The van der Waals surface area contributed by atoms with Gasteiger partial charge in [-0.1, -0.05) is 6.42 Å². The minimum Gasteiger partial charge on any atom is -0.459 e. The SMILES string of the molecule is CC1(C)OS(=O)(=O)C2C3CC(OC(=O)CN4CCCCC4)C(O3)C21. The molecule has 0 radical (unpaired) electrons. The Balaban J connectivity index is 1.42. The summed E-state index contributed by atoms with van der Waals surface area (Å²) in [7, 11) is -3.61. The quantitative estimate of drug-likeness (QED) is 0.541. The van der Waals surface area contributed by atoms with E-state index in [1.165, 1.54) is 6.42 Å². The summed E-state index contributed by atoms with van der Waals surface area (Å²) < 4.78 is 41.3. The first kappa shape index (κ1) is 16.8. The smallest absolute Gasteiger partial charge is 0.320 e. The second-order valence-electron chi connectivity index (χ2n) is 7.91. The molecule has 0 N–H and O–H groups in total. The third-order valence-electron chi connectivity index (χ3n) is 5.79. The number of esters is 1. The summed E-state index contributed by atoms with van der Waals surface area (Å²) in [6, 6.07) is 0. The molecule has 0 aromatic rings. The van der Waals surface area contributed by atoms with Gasteiger partial charge in [0.15, 0.2) is 0 Å². The molecule has 0 aliphatic carbocycles. The second-order valence-corrected chi connectivity index (χ2v) is 9.61. The average Bonchev–Trinajstić information content (AvgIpc) is 3.09. The molecule has 5 atom stereocenters. The molecule has 4 saturated heterocycles. The van der Waals surface area contributed by atoms with Crippen LogP contribution in [-0.4, -0.2) is 68.1 Å². The van der Waals surface area contributed by atoms with Gasteiger partial charge < -0.3 is 9.47 Å². The number of nitrogens with zero attached hydrogens (tertiary/aromatic N) is 1. The van der Waals surface area contributed by atoms with E-state index in [2.05, 4.69) is 4.90 Å². The third kappa shape index (κ3) is 2.67. The molecule has 5 unspecified atom stereocenters. The topological polar surface area (TPSA) is 82.1 Å². The lowest BCUT2D eigenvalue weighted by molar-refractivity contribution is -0.155. The van der Waals surface area contributed by atoms with Crippen molar-refractivity contribution in [1.29, 1.82) is 0 Å². The van der Waals surface area contributed by atoms with E-state index in [4.69, 9.17) is 13.7 Å². The van der Waals surface area contributed by atoms with Crippen LogP contribution in [-0.2, 0) is 28.6 Å². The molecule has 8 heteroatoms. The minimum atomic E-state index is -3.61. The van der Waals surface area contributed by atoms with Gasteiger partial charge in [-0.3, -0.25) is 13.9 Å². The number of ether oxygens (including phenoxy) is 2. The molecule has 4 fully saturated rings. The predicted molar refractivity (Wildman–Crippen MR) is 84.8 cm³/mol. The zero-order valence-corrected chi connectivity index (χ0v) is 15.0. The van der Waals surface area contributed by atoms with Crippen LogP contribution < -0.4 is 0 Å². The molecule has 4 rings (SSSR count). The van der Waals surface area contributed by atoms with Crippen LogP contribution in [0.1, 0.15) is 39.5 Å². The third-order valence-corrected chi connectivity index (χ3v) is 7.71. The highest BCUT2D eigenvalue weighted by Gasteiger charge is 2.69. The van der Waals surface area contributed by atoms with Crippen LogP contribution in [0.4, 0.5) is 0 Å². The molecule has 136 valence electrons. The van der Waals surface area contributed by atoms with Gasteiger partial charge in [0.2, 0.25) is 0 Å². The fraction of sp³-hybridized carbons (Fsp3) is 0.938. The van der Waals surface area contributed by atoms with Crippen molar-refractivity contribution in [1.82, 2.24) is 4.90 Å². The Morgan fingerprint density at radius 2 is 1.96 bits per heavy atom. The first-order valence-electron chi connectivity index (χ1n) is 8.80. The summed E-state index contributed by atoms with van der Waals surface area (Å²) in [4.78, 5) is 14.4. The van der Waals surface area contributed by atoms with Crippen molar-refractivity contribution in [2.45, 2.75) is 68.7 Å². The zero-order valence-electron chi connectivity index (χ0n) is 14.1. The van der Waals surface area contributed by atoms with Gasteiger partial charge in [-0.05, 0) is 39.8 Å². The second kappa shape index (κ2) is 5.65. The largest absolute Gasteiger partial charge is 0.459 e. The summed E-state index contributed by atoms with van der Waals surface area (Å²) in [6.07, 6.45) is 2.71. The van der Waals surface area contributed by atoms with Gasteiger partial charge in [0, 0.05) is 12.3 Å². The molecular weight excluding hydrogens is 334 g/mol. The van der Waals surface area contributed by atoms with Crippen molar-refractivity contribution in [2.24, 2.45) is 5.92 Å². The van der Waals surface area contributed by atoms with Crippen molar-refractivity contribution in [3.8, 4) is 0 Å². The number of carbonyl (C=O) groups is 1. The van der Waals surface area contributed by atoms with E-state index in [0.717, 1.165) is 25.9 Å². The molecule has 0 spiro atoms. The van der Waals surface area contributed by atoms with E-state index in [1.807, 2.05) is 0 Å². The molecule has 2 bridgehead atoms. The van der Waals surface area contributed by atoms with Crippen molar-refractivity contribution < 1.29 is 26.9 Å². The maximum atomic E-state index is 12.3. The van der Waals surface area contributed by atoms with Crippen molar-refractivity contribution >= 4 is 16.1 Å². The Morgan fingerprint density at radius 3 is 2.67 bits per heavy atom. The maximum Gasteiger partial charge on any atom is 0.320 e. The highest BCUT2D eigenvalue weighted by atomic mass is 32.2. The van der Waals surface area contributed by atoms with E-state index in [9.17, 15) is 13.2 Å². The van der Waals surface area contributed by atoms with Crippen LogP contribution in [0.15, 0.2) is 0 Å². The lowest BCUT2D eigenvalue weighted by Crippen LogP contribution is -2.48. The van der Waals surface area contributed by atoms with Gasteiger partial charge >= 0.3 is 5.97 Å². The molecule has 4 heterocycles. The molecule has 0 saturated carbocycles. The number of carbonyl (C=O) groups excluding carboxylic acids is 1. The normalized spacial score (nSPS) is 42.8. The van der Waals surface area contributed by atoms with E-state index in [1.54, 1.807) is 13.8 Å². The van der Waals surface area contributed by atoms with Gasteiger partial charge in [-0.25, -0.2) is 0 Å². The fourth-order valence-corrected chi connectivity index (χ4v) is 7.05. The standard InChI is InChI=1S/C16H25NO6S/c1-16(2)13-14-10(8-11(22-14)15(13)24(19,20)23-16)21-12(18)9-17-6-4-3-5-7-17/h10-11,13-15H,3-9H2,1-2H3. The van der Waals surface area contributed by atoms with Crippen molar-refractivity contribution in [3.05, 3.63) is 0 Å².